The summed E-state index contributed by atoms with van der Waals surface area (Å²) in [6, 6.07) is 9.53. The van der Waals surface area contributed by atoms with Gasteiger partial charge in [-0.2, -0.15) is 0 Å². The van der Waals surface area contributed by atoms with Crippen molar-refractivity contribution in [3.05, 3.63) is 56.7 Å². The van der Waals surface area contributed by atoms with Crippen molar-refractivity contribution in [2.24, 2.45) is 0 Å². The van der Waals surface area contributed by atoms with Crippen LogP contribution in [0.5, 0.6) is 5.75 Å². The highest BCUT2D eigenvalue weighted by molar-refractivity contribution is 9.10. The molecule has 2 amide bonds. The van der Waals surface area contributed by atoms with Crippen molar-refractivity contribution in [3.8, 4) is 5.75 Å². The van der Waals surface area contributed by atoms with E-state index >= 15 is 0 Å². The molecular weight excluding hydrogens is 404 g/mol. The van der Waals surface area contributed by atoms with Crippen molar-refractivity contribution in [1.29, 1.82) is 0 Å². The maximum absolute atomic E-state index is 11.8. The van der Waals surface area contributed by atoms with E-state index in [1.54, 1.807) is 6.08 Å². The highest BCUT2D eigenvalue weighted by Gasteiger charge is 2.08. The van der Waals surface area contributed by atoms with Gasteiger partial charge in [0.2, 0.25) is 0 Å². The second-order valence-corrected chi connectivity index (χ2v) is 7.35. The first-order valence-corrected chi connectivity index (χ1v) is 9.35. The number of carbonyl (C=O) groups is 2. The minimum atomic E-state index is -0.447. The van der Waals surface area contributed by atoms with E-state index in [-0.39, 0.29) is 6.61 Å². The lowest BCUT2D eigenvalue weighted by atomic mass is 10.0. The fraction of sp³-hybridized carbons (Fsp3) is 0.222. The normalized spacial score (nSPS) is 10.9. The lowest BCUT2D eigenvalue weighted by Crippen LogP contribution is -2.43. The van der Waals surface area contributed by atoms with E-state index in [0.29, 0.717) is 11.7 Å². The average molecular weight is 423 g/mol. The maximum atomic E-state index is 11.8. The number of halogens is 1. The number of carbonyl (C=O) groups excluding carboxylic acids is 2. The van der Waals surface area contributed by atoms with Crippen LogP contribution in [0.25, 0.3) is 6.08 Å². The molecule has 0 radical (unpaired) electrons. The van der Waals surface area contributed by atoms with Crippen LogP contribution in [-0.2, 0) is 9.59 Å². The van der Waals surface area contributed by atoms with E-state index in [1.807, 2.05) is 35.7 Å². The highest BCUT2D eigenvalue weighted by Crippen LogP contribution is 2.28. The maximum Gasteiger partial charge on any atom is 0.276 e. The van der Waals surface area contributed by atoms with Crippen molar-refractivity contribution in [1.82, 2.24) is 10.9 Å². The van der Waals surface area contributed by atoms with E-state index in [0.717, 1.165) is 9.35 Å². The summed E-state index contributed by atoms with van der Waals surface area (Å²) in [4.78, 5) is 24.3. The predicted molar refractivity (Wildman–Crippen MR) is 103 cm³/mol. The molecule has 0 bridgehead atoms. The summed E-state index contributed by atoms with van der Waals surface area (Å²) >= 11 is 4.95. The number of rotatable bonds is 6. The van der Waals surface area contributed by atoms with Gasteiger partial charge in [-0.1, -0.05) is 26.0 Å². The molecule has 0 saturated carbocycles. The molecule has 132 valence electrons. The van der Waals surface area contributed by atoms with Gasteiger partial charge < -0.3 is 4.74 Å². The summed E-state index contributed by atoms with van der Waals surface area (Å²) in [7, 11) is 0. The molecule has 2 N–H and O–H groups in total. The Bertz CT molecular complexity index is 758. The molecule has 0 fully saturated rings. The number of thiophene rings is 1. The molecule has 0 aliphatic rings. The van der Waals surface area contributed by atoms with Crippen molar-refractivity contribution in [2.75, 3.05) is 6.61 Å². The van der Waals surface area contributed by atoms with E-state index in [4.69, 9.17) is 4.74 Å². The quantitative estimate of drug-likeness (QED) is 0.548. The van der Waals surface area contributed by atoms with Gasteiger partial charge in [-0.05, 0) is 57.1 Å². The second-order valence-electron chi connectivity index (χ2n) is 5.52. The van der Waals surface area contributed by atoms with Crippen molar-refractivity contribution in [3.63, 3.8) is 0 Å². The molecule has 0 saturated heterocycles. The van der Waals surface area contributed by atoms with Crippen LogP contribution in [-0.4, -0.2) is 18.4 Å². The predicted octanol–water partition coefficient (Wildman–Crippen LogP) is 3.87. The monoisotopic (exact) mass is 422 g/mol. The molecule has 0 spiro atoms. The van der Waals surface area contributed by atoms with Crippen LogP contribution in [0.4, 0.5) is 0 Å². The molecule has 25 heavy (non-hydrogen) atoms. The fourth-order valence-electron chi connectivity index (χ4n) is 1.89. The summed E-state index contributed by atoms with van der Waals surface area (Å²) in [6.07, 6.45) is 3.03. The Balaban J connectivity index is 1.76. The van der Waals surface area contributed by atoms with Gasteiger partial charge in [-0.3, -0.25) is 20.4 Å². The summed E-state index contributed by atoms with van der Waals surface area (Å²) in [6.45, 7) is 4.01. The summed E-state index contributed by atoms with van der Waals surface area (Å²) < 4.78 is 6.24. The number of amides is 2. The minimum Gasteiger partial charge on any atom is -0.483 e. The number of hydrogen-bond acceptors (Lipinski definition) is 4. The largest absolute Gasteiger partial charge is 0.483 e. The number of nitrogens with one attached hydrogen (secondary N) is 2. The lowest BCUT2D eigenvalue weighted by Gasteiger charge is -2.11. The Morgan fingerprint density at radius 3 is 2.72 bits per heavy atom. The van der Waals surface area contributed by atoms with Gasteiger partial charge in [0, 0.05) is 11.0 Å². The molecule has 5 nitrogen and oxygen atoms in total. The van der Waals surface area contributed by atoms with Crippen molar-refractivity contribution >= 4 is 45.2 Å². The molecule has 0 aliphatic carbocycles. The molecule has 1 heterocycles. The zero-order chi connectivity index (χ0) is 18.2. The Morgan fingerprint density at radius 2 is 2.08 bits per heavy atom. The smallest absolute Gasteiger partial charge is 0.276 e. The molecule has 7 heteroatoms. The first-order valence-electron chi connectivity index (χ1n) is 7.68. The van der Waals surface area contributed by atoms with E-state index < -0.39 is 11.8 Å². The third-order valence-corrected chi connectivity index (χ3v) is 4.71. The van der Waals surface area contributed by atoms with Crippen LogP contribution in [0, 0.1) is 0 Å². The third-order valence-electron chi connectivity index (χ3n) is 3.25. The standard InChI is InChI=1S/C18H19BrN2O3S/c1-12(2)13-5-7-16(15(19)10-13)24-11-18(23)21-20-17(22)8-6-14-4-3-9-25-14/h3-10,12H,11H2,1-2H3,(H,20,22)(H,21,23)/b8-6+. The Hall–Kier alpha value is -2.12. The topological polar surface area (TPSA) is 67.4 Å². The van der Waals surface area contributed by atoms with E-state index in [2.05, 4.69) is 40.6 Å². The Kier molecular flexibility index (Phi) is 7.21. The molecular formula is C18H19BrN2O3S. The van der Waals surface area contributed by atoms with Crippen LogP contribution in [0.1, 0.15) is 30.2 Å². The van der Waals surface area contributed by atoms with E-state index in [9.17, 15) is 9.59 Å². The number of ether oxygens (including phenoxy) is 1. The number of hydrazine groups is 1. The van der Waals surface area contributed by atoms with Crippen LogP contribution in [0.15, 0.2) is 46.3 Å². The van der Waals surface area contributed by atoms with Crippen LogP contribution < -0.4 is 15.6 Å². The van der Waals surface area contributed by atoms with Gasteiger partial charge in [-0.25, -0.2) is 0 Å². The van der Waals surface area contributed by atoms with Gasteiger partial charge in [0.25, 0.3) is 11.8 Å². The van der Waals surface area contributed by atoms with Crippen LogP contribution in [0.3, 0.4) is 0 Å². The molecule has 1 aromatic carbocycles. The first kappa shape index (κ1) is 19.2. The van der Waals surface area contributed by atoms with Gasteiger partial charge in [-0.15, -0.1) is 11.3 Å². The molecule has 0 atom stereocenters. The molecule has 2 rings (SSSR count). The average Bonchev–Trinajstić information content (AvgIpc) is 3.10. The highest BCUT2D eigenvalue weighted by atomic mass is 79.9. The Labute approximate surface area is 159 Å². The minimum absolute atomic E-state index is 0.200. The summed E-state index contributed by atoms with van der Waals surface area (Å²) in [5, 5.41) is 1.92. The zero-order valence-electron chi connectivity index (χ0n) is 13.9. The summed E-state index contributed by atoms with van der Waals surface area (Å²) in [5.74, 6) is 0.122. The van der Waals surface area contributed by atoms with Gasteiger partial charge in [0.15, 0.2) is 6.61 Å². The van der Waals surface area contributed by atoms with E-state index in [1.165, 1.54) is 23.0 Å². The van der Waals surface area contributed by atoms with Gasteiger partial charge >= 0.3 is 0 Å². The SMILES string of the molecule is CC(C)c1ccc(OCC(=O)NNC(=O)/C=C/c2cccs2)c(Br)c1. The second kappa shape index (κ2) is 9.39. The van der Waals surface area contributed by atoms with Crippen molar-refractivity contribution in [2.45, 2.75) is 19.8 Å². The number of hydrogen-bond donors (Lipinski definition) is 2. The first-order chi connectivity index (χ1) is 12.0. The third kappa shape index (κ3) is 6.36. The molecule has 2 aromatic rings. The Morgan fingerprint density at radius 1 is 1.28 bits per heavy atom. The zero-order valence-corrected chi connectivity index (χ0v) is 16.3. The summed E-state index contributed by atoms with van der Waals surface area (Å²) in [5.41, 5.74) is 5.79. The van der Waals surface area contributed by atoms with Crippen LogP contribution in [0.2, 0.25) is 0 Å². The van der Waals surface area contributed by atoms with Crippen LogP contribution >= 0.6 is 27.3 Å². The van der Waals surface area contributed by atoms with Gasteiger partial charge in [0.05, 0.1) is 4.47 Å². The van der Waals surface area contributed by atoms with Crippen molar-refractivity contribution < 1.29 is 14.3 Å². The molecule has 1 aromatic heterocycles. The fourth-order valence-corrected chi connectivity index (χ4v) is 3.02. The lowest BCUT2D eigenvalue weighted by molar-refractivity contribution is -0.128. The van der Waals surface area contributed by atoms with Gasteiger partial charge in [0.1, 0.15) is 5.75 Å². The molecule has 0 aliphatic heterocycles. The molecule has 0 unspecified atom stereocenters. The number of benzene rings is 1.